The van der Waals surface area contributed by atoms with Gasteiger partial charge in [-0.3, -0.25) is 14.2 Å². The minimum Gasteiger partial charge on any atom is -0.378 e. The summed E-state index contributed by atoms with van der Waals surface area (Å²) in [6.45, 7) is 1.24. The lowest BCUT2D eigenvalue weighted by Crippen LogP contribution is -2.33. The molecule has 0 aliphatic heterocycles. The van der Waals surface area contributed by atoms with Crippen molar-refractivity contribution in [2.45, 2.75) is 51.2 Å². The zero-order valence-corrected chi connectivity index (χ0v) is 14.5. The molecule has 0 radical (unpaired) electrons. The van der Waals surface area contributed by atoms with Crippen molar-refractivity contribution in [1.29, 1.82) is 0 Å². The first-order valence-corrected chi connectivity index (χ1v) is 9.43. The predicted molar refractivity (Wildman–Crippen MR) is 94.3 cm³/mol. The molecule has 1 N–H and O–H groups in total. The second-order valence-corrected chi connectivity index (χ2v) is 7.05. The van der Waals surface area contributed by atoms with Gasteiger partial charge >= 0.3 is 0 Å². The first kappa shape index (κ1) is 17.1. The van der Waals surface area contributed by atoms with Crippen molar-refractivity contribution in [3.05, 3.63) is 28.1 Å². The molecule has 1 saturated carbocycles. The number of thiophene rings is 1. The number of hydrogen-bond acceptors (Lipinski definition) is 5. The van der Waals surface area contributed by atoms with Gasteiger partial charge in [0.05, 0.1) is 17.8 Å². The van der Waals surface area contributed by atoms with Crippen LogP contribution in [0, 0.1) is 0 Å². The van der Waals surface area contributed by atoms with Crippen molar-refractivity contribution in [3.8, 4) is 0 Å². The van der Waals surface area contributed by atoms with Crippen LogP contribution in [-0.4, -0.2) is 34.7 Å². The van der Waals surface area contributed by atoms with Gasteiger partial charge in [0.25, 0.3) is 5.56 Å². The summed E-state index contributed by atoms with van der Waals surface area (Å²) < 4.78 is 7.18. The van der Waals surface area contributed by atoms with Crippen LogP contribution in [-0.2, 0) is 16.1 Å². The highest BCUT2D eigenvalue weighted by Gasteiger charge is 2.13. The molecule has 1 amide bonds. The Kier molecular flexibility index (Phi) is 5.98. The van der Waals surface area contributed by atoms with Gasteiger partial charge in [-0.1, -0.05) is 19.3 Å². The van der Waals surface area contributed by atoms with E-state index in [4.69, 9.17) is 4.74 Å². The molecule has 0 saturated heterocycles. The maximum absolute atomic E-state index is 12.2. The molecule has 6 nitrogen and oxygen atoms in total. The lowest BCUT2D eigenvalue weighted by molar-refractivity contribution is -0.121. The number of amides is 1. The molecule has 130 valence electrons. The van der Waals surface area contributed by atoms with Crippen molar-refractivity contribution in [1.82, 2.24) is 14.9 Å². The SMILES string of the molecule is O=C(Cn1cnc2sccc2c1=O)NCCCOC1CCCCC1. The van der Waals surface area contributed by atoms with Crippen LogP contribution in [0.15, 0.2) is 22.6 Å². The predicted octanol–water partition coefficient (Wildman–Crippen LogP) is 2.31. The monoisotopic (exact) mass is 349 g/mol. The lowest BCUT2D eigenvalue weighted by Gasteiger charge is -2.21. The Morgan fingerprint density at radius 3 is 3.04 bits per heavy atom. The maximum atomic E-state index is 12.2. The molecule has 1 aliphatic rings. The molecule has 7 heteroatoms. The van der Waals surface area contributed by atoms with E-state index in [-0.39, 0.29) is 18.0 Å². The summed E-state index contributed by atoms with van der Waals surface area (Å²) in [5.74, 6) is -0.175. The van der Waals surface area contributed by atoms with Crippen LogP contribution in [0.3, 0.4) is 0 Å². The third-order valence-electron chi connectivity index (χ3n) is 4.31. The number of nitrogens with one attached hydrogen (secondary N) is 1. The molecule has 1 fully saturated rings. The van der Waals surface area contributed by atoms with E-state index in [0.717, 1.165) is 19.3 Å². The van der Waals surface area contributed by atoms with Gasteiger partial charge in [0, 0.05) is 13.2 Å². The Balaban J connectivity index is 1.39. The number of carbonyl (C=O) groups excluding carboxylic acids is 1. The van der Waals surface area contributed by atoms with Gasteiger partial charge in [0.15, 0.2) is 0 Å². The van der Waals surface area contributed by atoms with E-state index in [1.165, 1.54) is 41.5 Å². The number of rotatable bonds is 7. The smallest absolute Gasteiger partial charge is 0.262 e. The van der Waals surface area contributed by atoms with Gasteiger partial charge in [0.2, 0.25) is 5.91 Å². The minimum absolute atomic E-state index is 0.00109. The van der Waals surface area contributed by atoms with Gasteiger partial charge in [-0.25, -0.2) is 4.98 Å². The maximum Gasteiger partial charge on any atom is 0.262 e. The normalized spacial score (nSPS) is 15.7. The summed E-state index contributed by atoms with van der Waals surface area (Å²) in [4.78, 5) is 29.1. The molecule has 1 aliphatic carbocycles. The quantitative estimate of drug-likeness (QED) is 0.779. The number of fused-ring (bicyclic) bond motifs is 1. The second kappa shape index (κ2) is 8.39. The highest BCUT2D eigenvalue weighted by atomic mass is 32.1. The lowest BCUT2D eigenvalue weighted by atomic mass is 9.98. The summed E-state index contributed by atoms with van der Waals surface area (Å²) in [6.07, 6.45) is 8.79. The molecule has 0 spiro atoms. The van der Waals surface area contributed by atoms with Crippen LogP contribution >= 0.6 is 11.3 Å². The number of nitrogens with zero attached hydrogens (tertiary/aromatic N) is 2. The zero-order chi connectivity index (χ0) is 16.8. The van der Waals surface area contributed by atoms with Crippen molar-refractivity contribution in [3.63, 3.8) is 0 Å². The third kappa shape index (κ3) is 4.42. The number of ether oxygens (including phenoxy) is 1. The molecular weight excluding hydrogens is 326 g/mol. The fourth-order valence-electron chi connectivity index (χ4n) is 3.00. The average molecular weight is 349 g/mol. The molecular formula is C17H23N3O3S. The van der Waals surface area contributed by atoms with Crippen molar-refractivity contribution < 1.29 is 9.53 Å². The molecule has 0 unspecified atom stereocenters. The van der Waals surface area contributed by atoms with Crippen LogP contribution in [0.25, 0.3) is 10.2 Å². The topological polar surface area (TPSA) is 73.2 Å². The standard InChI is InChI=1S/C17H23N3O3S/c21-15(18-8-4-9-23-13-5-2-1-3-6-13)11-20-12-19-16-14(17(20)22)7-10-24-16/h7,10,12-13H,1-6,8-9,11H2,(H,18,21). The summed E-state index contributed by atoms with van der Waals surface area (Å²) in [5, 5.41) is 5.23. The fraction of sp³-hybridized carbons (Fsp3) is 0.588. The van der Waals surface area contributed by atoms with Crippen molar-refractivity contribution in [2.75, 3.05) is 13.2 Å². The molecule has 24 heavy (non-hydrogen) atoms. The summed E-state index contributed by atoms with van der Waals surface area (Å²) in [6, 6.07) is 1.74. The van der Waals surface area contributed by atoms with Crippen LogP contribution in [0.5, 0.6) is 0 Å². The fourth-order valence-corrected chi connectivity index (χ4v) is 3.72. The zero-order valence-electron chi connectivity index (χ0n) is 13.7. The molecule has 0 bridgehead atoms. The first-order chi connectivity index (χ1) is 11.7. The van der Waals surface area contributed by atoms with E-state index in [0.29, 0.717) is 29.5 Å². The van der Waals surface area contributed by atoms with E-state index in [9.17, 15) is 9.59 Å². The molecule has 0 atom stereocenters. The first-order valence-electron chi connectivity index (χ1n) is 8.55. The summed E-state index contributed by atoms with van der Waals surface area (Å²) in [7, 11) is 0. The van der Waals surface area contributed by atoms with Gasteiger partial charge < -0.3 is 10.1 Å². The van der Waals surface area contributed by atoms with Crippen molar-refractivity contribution >= 4 is 27.5 Å². The van der Waals surface area contributed by atoms with E-state index < -0.39 is 0 Å². The Hall–Kier alpha value is -1.73. The Labute approximate surface area is 144 Å². The second-order valence-electron chi connectivity index (χ2n) is 6.15. The van der Waals surface area contributed by atoms with E-state index >= 15 is 0 Å². The van der Waals surface area contributed by atoms with Crippen LogP contribution in [0.2, 0.25) is 0 Å². The third-order valence-corrected chi connectivity index (χ3v) is 5.13. The molecule has 2 aromatic heterocycles. The molecule has 3 rings (SSSR count). The number of aromatic nitrogens is 2. The molecule has 0 aromatic carbocycles. The summed E-state index contributed by atoms with van der Waals surface area (Å²) >= 11 is 1.42. The van der Waals surface area contributed by atoms with E-state index in [1.807, 2.05) is 5.38 Å². The van der Waals surface area contributed by atoms with Crippen LogP contribution < -0.4 is 10.9 Å². The Bertz CT molecular complexity index is 734. The van der Waals surface area contributed by atoms with Gasteiger partial charge in [-0.2, -0.15) is 0 Å². The van der Waals surface area contributed by atoms with Gasteiger partial charge in [0.1, 0.15) is 11.4 Å². The minimum atomic E-state index is -0.175. The van der Waals surface area contributed by atoms with E-state index in [1.54, 1.807) is 6.07 Å². The average Bonchev–Trinajstić information content (AvgIpc) is 3.07. The van der Waals surface area contributed by atoms with E-state index in [2.05, 4.69) is 10.3 Å². The summed E-state index contributed by atoms with van der Waals surface area (Å²) in [5.41, 5.74) is -0.169. The van der Waals surface area contributed by atoms with Gasteiger partial charge in [-0.15, -0.1) is 11.3 Å². The van der Waals surface area contributed by atoms with Crippen molar-refractivity contribution in [2.24, 2.45) is 0 Å². The van der Waals surface area contributed by atoms with Crippen LogP contribution in [0.4, 0.5) is 0 Å². The number of carbonyl (C=O) groups is 1. The molecule has 2 aromatic rings. The number of hydrogen-bond donors (Lipinski definition) is 1. The highest BCUT2D eigenvalue weighted by molar-refractivity contribution is 7.16. The van der Waals surface area contributed by atoms with Crippen LogP contribution in [0.1, 0.15) is 38.5 Å². The largest absolute Gasteiger partial charge is 0.378 e. The Morgan fingerprint density at radius 2 is 2.21 bits per heavy atom. The highest BCUT2D eigenvalue weighted by Crippen LogP contribution is 2.20. The Morgan fingerprint density at radius 1 is 1.38 bits per heavy atom. The molecule has 2 heterocycles. The van der Waals surface area contributed by atoms with Gasteiger partial charge in [-0.05, 0) is 30.7 Å².